The standard InChI is InChI=1S/C11H22N2/c1-3-9-13(11-6-7-11)10(2)5-4-8-12/h3,10-11H,1,4-9,12H2,2H3. The van der Waals surface area contributed by atoms with E-state index in [1.165, 1.54) is 19.3 Å². The van der Waals surface area contributed by atoms with Gasteiger partial charge in [-0.05, 0) is 39.2 Å². The minimum absolute atomic E-state index is 0.675. The molecule has 0 aromatic rings. The van der Waals surface area contributed by atoms with Crippen molar-refractivity contribution in [3.05, 3.63) is 12.7 Å². The van der Waals surface area contributed by atoms with Gasteiger partial charge in [0.2, 0.25) is 0 Å². The maximum absolute atomic E-state index is 5.50. The Balaban J connectivity index is 2.29. The molecule has 1 unspecified atom stereocenters. The molecular weight excluding hydrogens is 160 g/mol. The number of rotatable bonds is 7. The van der Waals surface area contributed by atoms with E-state index in [1.807, 2.05) is 6.08 Å². The molecule has 1 aliphatic rings. The van der Waals surface area contributed by atoms with Crippen LogP contribution in [0.2, 0.25) is 0 Å². The Kier molecular flexibility index (Phi) is 4.46. The van der Waals surface area contributed by atoms with Crippen molar-refractivity contribution in [3.8, 4) is 0 Å². The average molecular weight is 182 g/mol. The van der Waals surface area contributed by atoms with Crippen molar-refractivity contribution in [3.63, 3.8) is 0 Å². The molecule has 1 rings (SSSR count). The topological polar surface area (TPSA) is 29.3 Å². The monoisotopic (exact) mass is 182 g/mol. The molecule has 1 atom stereocenters. The third-order valence-electron chi connectivity index (χ3n) is 2.75. The molecule has 0 bridgehead atoms. The van der Waals surface area contributed by atoms with Crippen LogP contribution in [0.25, 0.3) is 0 Å². The van der Waals surface area contributed by atoms with Crippen molar-refractivity contribution < 1.29 is 0 Å². The van der Waals surface area contributed by atoms with E-state index < -0.39 is 0 Å². The third kappa shape index (κ3) is 3.49. The average Bonchev–Trinajstić information content (AvgIpc) is 2.93. The lowest BCUT2D eigenvalue weighted by atomic mass is 10.1. The van der Waals surface area contributed by atoms with Crippen LogP contribution >= 0.6 is 0 Å². The van der Waals surface area contributed by atoms with E-state index in [4.69, 9.17) is 5.73 Å². The molecule has 76 valence electrons. The van der Waals surface area contributed by atoms with Gasteiger partial charge in [-0.1, -0.05) is 6.08 Å². The van der Waals surface area contributed by atoms with Crippen LogP contribution in [0.5, 0.6) is 0 Å². The number of nitrogens with two attached hydrogens (primary N) is 1. The summed E-state index contributed by atoms with van der Waals surface area (Å²) in [6.45, 7) is 7.96. The second kappa shape index (κ2) is 5.40. The lowest BCUT2D eigenvalue weighted by Crippen LogP contribution is -2.35. The maximum Gasteiger partial charge on any atom is 0.0166 e. The summed E-state index contributed by atoms with van der Waals surface area (Å²) in [5.41, 5.74) is 5.50. The molecule has 0 heterocycles. The molecule has 1 aliphatic carbocycles. The van der Waals surface area contributed by atoms with E-state index in [1.54, 1.807) is 0 Å². The summed E-state index contributed by atoms with van der Waals surface area (Å²) < 4.78 is 0. The summed E-state index contributed by atoms with van der Waals surface area (Å²) in [4.78, 5) is 2.56. The first-order chi connectivity index (χ1) is 6.29. The lowest BCUT2D eigenvalue weighted by molar-refractivity contribution is 0.209. The van der Waals surface area contributed by atoms with Gasteiger partial charge in [0.05, 0.1) is 0 Å². The minimum Gasteiger partial charge on any atom is -0.330 e. The van der Waals surface area contributed by atoms with Crippen LogP contribution in [0.1, 0.15) is 32.6 Å². The molecule has 1 fully saturated rings. The van der Waals surface area contributed by atoms with Gasteiger partial charge in [-0.3, -0.25) is 4.90 Å². The largest absolute Gasteiger partial charge is 0.330 e. The van der Waals surface area contributed by atoms with Gasteiger partial charge < -0.3 is 5.73 Å². The van der Waals surface area contributed by atoms with Gasteiger partial charge in [0.1, 0.15) is 0 Å². The molecule has 0 radical (unpaired) electrons. The molecule has 0 aliphatic heterocycles. The van der Waals surface area contributed by atoms with Gasteiger partial charge >= 0.3 is 0 Å². The molecule has 0 amide bonds. The first-order valence-electron chi connectivity index (χ1n) is 5.36. The van der Waals surface area contributed by atoms with E-state index in [0.29, 0.717) is 6.04 Å². The number of hydrogen-bond acceptors (Lipinski definition) is 2. The SMILES string of the molecule is C=CCN(C(C)CCCN)C1CC1. The van der Waals surface area contributed by atoms with Crippen molar-refractivity contribution >= 4 is 0 Å². The van der Waals surface area contributed by atoms with Crippen LogP contribution in [-0.4, -0.2) is 30.1 Å². The van der Waals surface area contributed by atoms with Crippen LogP contribution < -0.4 is 5.73 Å². The molecule has 2 nitrogen and oxygen atoms in total. The fourth-order valence-electron chi connectivity index (χ4n) is 1.82. The summed E-state index contributed by atoms with van der Waals surface area (Å²) >= 11 is 0. The van der Waals surface area contributed by atoms with Gasteiger partial charge in [0, 0.05) is 18.6 Å². The Morgan fingerprint density at radius 3 is 2.77 bits per heavy atom. The zero-order valence-corrected chi connectivity index (χ0v) is 8.71. The van der Waals surface area contributed by atoms with E-state index in [-0.39, 0.29) is 0 Å². The Hall–Kier alpha value is -0.340. The predicted octanol–water partition coefficient (Wildman–Crippen LogP) is 1.76. The highest BCUT2D eigenvalue weighted by atomic mass is 15.2. The maximum atomic E-state index is 5.50. The highest BCUT2D eigenvalue weighted by Crippen LogP contribution is 2.29. The summed E-state index contributed by atoms with van der Waals surface area (Å²) in [7, 11) is 0. The van der Waals surface area contributed by atoms with Crippen molar-refractivity contribution in [2.24, 2.45) is 5.73 Å². The first-order valence-corrected chi connectivity index (χ1v) is 5.36. The summed E-state index contributed by atoms with van der Waals surface area (Å²) in [6.07, 6.45) is 7.13. The Labute approximate surface area is 81.8 Å². The van der Waals surface area contributed by atoms with Crippen molar-refractivity contribution in [1.29, 1.82) is 0 Å². The lowest BCUT2D eigenvalue weighted by Gasteiger charge is -2.27. The molecule has 0 aromatic carbocycles. The van der Waals surface area contributed by atoms with Crippen LogP contribution in [0, 0.1) is 0 Å². The summed E-state index contributed by atoms with van der Waals surface area (Å²) in [5, 5.41) is 0. The molecular formula is C11H22N2. The molecule has 2 N–H and O–H groups in total. The Morgan fingerprint density at radius 1 is 1.62 bits per heavy atom. The number of hydrogen-bond donors (Lipinski definition) is 1. The van der Waals surface area contributed by atoms with Crippen LogP contribution in [0.4, 0.5) is 0 Å². The molecule has 1 saturated carbocycles. The van der Waals surface area contributed by atoms with Crippen LogP contribution in [-0.2, 0) is 0 Å². The first kappa shape index (κ1) is 10.7. The minimum atomic E-state index is 0.675. The second-order valence-corrected chi connectivity index (χ2v) is 4.00. The van der Waals surface area contributed by atoms with Gasteiger partial charge in [0.25, 0.3) is 0 Å². The normalized spacial score (nSPS) is 19.0. The number of nitrogens with zero attached hydrogens (tertiary/aromatic N) is 1. The molecule has 0 aromatic heterocycles. The van der Waals surface area contributed by atoms with Crippen molar-refractivity contribution in [2.45, 2.75) is 44.7 Å². The van der Waals surface area contributed by atoms with Crippen molar-refractivity contribution in [2.75, 3.05) is 13.1 Å². The van der Waals surface area contributed by atoms with E-state index in [2.05, 4.69) is 18.4 Å². The second-order valence-electron chi connectivity index (χ2n) is 4.00. The predicted molar refractivity (Wildman–Crippen MR) is 57.7 cm³/mol. The van der Waals surface area contributed by atoms with Gasteiger partial charge in [0.15, 0.2) is 0 Å². The summed E-state index contributed by atoms with van der Waals surface area (Å²) in [6, 6.07) is 1.51. The molecule has 0 spiro atoms. The Morgan fingerprint density at radius 2 is 2.31 bits per heavy atom. The highest BCUT2D eigenvalue weighted by molar-refractivity contribution is 4.90. The highest BCUT2D eigenvalue weighted by Gasteiger charge is 2.30. The summed E-state index contributed by atoms with van der Waals surface area (Å²) in [5.74, 6) is 0. The molecule has 2 heteroatoms. The van der Waals surface area contributed by atoms with Crippen LogP contribution in [0.15, 0.2) is 12.7 Å². The zero-order chi connectivity index (χ0) is 9.68. The van der Waals surface area contributed by atoms with Gasteiger partial charge in [-0.25, -0.2) is 0 Å². The van der Waals surface area contributed by atoms with Crippen molar-refractivity contribution in [1.82, 2.24) is 4.90 Å². The van der Waals surface area contributed by atoms with E-state index >= 15 is 0 Å². The zero-order valence-electron chi connectivity index (χ0n) is 8.71. The van der Waals surface area contributed by atoms with E-state index in [9.17, 15) is 0 Å². The smallest absolute Gasteiger partial charge is 0.0166 e. The van der Waals surface area contributed by atoms with Gasteiger partial charge in [-0.2, -0.15) is 0 Å². The molecule has 13 heavy (non-hydrogen) atoms. The van der Waals surface area contributed by atoms with Gasteiger partial charge in [-0.15, -0.1) is 6.58 Å². The fourth-order valence-corrected chi connectivity index (χ4v) is 1.82. The Bertz CT molecular complexity index is 152. The quantitative estimate of drug-likeness (QED) is 0.608. The molecule has 0 saturated heterocycles. The van der Waals surface area contributed by atoms with E-state index in [0.717, 1.165) is 25.6 Å². The third-order valence-corrected chi connectivity index (χ3v) is 2.75. The fraction of sp³-hybridized carbons (Fsp3) is 0.818. The van der Waals surface area contributed by atoms with Crippen LogP contribution in [0.3, 0.4) is 0 Å².